The first kappa shape index (κ1) is 16.2. The van der Waals surface area contributed by atoms with E-state index in [0.29, 0.717) is 6.42 Å². The molecule has 2 aromatic rings. The smallest absolute Gasteiger partial charge is 0.224 e. The first-order chi connectivity index (χ1) is 10.5. The summed E-state index contributed by atoms with van der Waals surface area (Å²) >= 11 is 0. The van der Waals surface area contributed by atoms with Crippen molar-refractivity contribution in [1.82, 2.24) is 5.32 Å². The van der Waals surface area contributed by atoms with Gasteiger partial charge in [-0.3, -0.25) is 4.79 Å². The molecule has 0 spiro atoms. The van der Waals surface area contributed by atoms with Crippen LogP contribution in [-0.4, -0.2) is 17.1 Å². The topological polar surface area (TPSA) is 49.3 Å². The monoisotopic (exact) mass is 301 g/mol. The van der Waals surface area contributed by atoms with Gasteiger partial charge in [0.15, 0.2) is 0 Å². The summed E-state index contributed by atoms with van der Waals surface area (Å²) in [5.74, 6) is -0.456. The number of carbonyl (C=O) groups excluding carboxylic acids is 1. The third kappa shape index (κ3) is 4.97. The minimum absolute atomic E-state index is 0.139. The van der Waals surface area contributed by atoms with E-state index >= 15 is 0 Å². The number of nitrogens with one attached hydrogen (secondary N) is 1. The van der Waals surface area contributed by atoms with E-state index in [1.807, 2.05) is 37.3 Å². The number of carbonyl (C=O) groups is 1. The summed E-state index contributed by atoms with van der Waals surface area (Å²) in [7, 11) is 0. The van der Waals surface area contributed by atoms with E-state index in [0.717, 1.165) is 11.1 Å². The van der Waals surface area contributed by atoms with Gasteiger partial charge in [-0.1, -0.05) is 42.5 Å². The molecule has 2 rings (SSSR count). The zero-order valence-corrected chi connectivity index (χ0v) is 12.5. The number of hydrogen-bond donors (Lipinski definition) is 2. The molecular formula is C18H20FNO2. The van der Waals surface area contributed by atoms with Crippen LogP contribution in [0.25, 0.3) is 0 Å². The van der Waals surface area contributed by atoms with Crippen LogP contribution >= 0.6 is 0 Å². The molecule has 0 unspecified atom stereocenters. The molecular weight excluding hydrogens is 281 g/mol. The molecule has 4 heteroatoms. The Morgan fingerprint density at radius 1 is 1.14 bits per heavy atom. The van der Waals surface area contributed by atoms with Crippen molar-refractivity contribution in [3.8, 4) is 0 Å². The van der Waals surface area contributed by atoms with Crippen molar-refractivity contribution < 1.29 is 14.3 Å². The molecule has 116 valence electrons. The fraction of sp³-hybridized carbons (Fsp3) is 0.278. The Balaban J connectivity index is 1.82. The maximum Gasteiger partial charge on any atom is 0.224 e. The van der Waals surface area contributed by atoms with Gasteiger partial charge in [0.25, 0.3) is 0 Å². The molecule has 1 amide bonds. The highest BCUT2D eigenvalue weighted by atomic mass is 19.1. The van der Waals surface area contributed by atoms with Crippen LogP contribution in [0.1, 0.15) is 30.6 Å². The normalized spacial score (nSPS) is 13.4. The van der Waals surface area contributed by atoms with Crippen molar-refractivity contribution in [2.75, 3.05) is 0 Å². The Kier molecular flexibility index (Phi) is 5.67. The van der Waals surface area contributed by atoms with Crippen LogP contribution in [0, 0.1) is 5.82 Å². The molecule has 0 radical (unpaired) electrons. The Morgan fingerprint density at radius 3 is 2.41 bits per heavy atom. The zero-order chi connectivity index (χ0) is 15.9. The fourth-order valence-corrected chi connectivity index (χ4v) is 2.32. The van der Waals surface area contributed by atoms with E-state index in [1.165, 1.54) is 12.1 Å². The standard InChI is InChI=1S/C18H20FNO2/c1-13(11-17(21)15-5-3-2-4-6-15)20-18(22)12-14-7-9-16(19)10-8-14/h2-10,13,17,21H,11-12H2,1H3,(H,20,22)/t13-,17+/m0/s1. The molecule has 3 nitrogen and oxygen atoms in total. The van der Waals surface area contributed by atoms with Gasteiger partial charge in [0.1, 0.15) is 5.82 Å². The minimum atomic E-state index is -0.609. The molecule has 0 saturated heterocycles. The molecule has 0 aliphatic carbocycles. The van der Waals surface area contributed by atoms with Crippen LogP contribution in [0.15, 0.2) is 54.6 Å². The van der Waals surface area contributed by atoms with Gasteiger partial charge in [0.05, 0.1) is 12.5 Å². The largest absolute Gasteiger partial charge is 0.388 e. The van der Waals surface area contributed by atoms with Crippen molar-refractivity contribution in [3.05, 3.63) is 71.5 Å². The van der Waals surface area contributed by atoms with Crippen molar-refractivity contribution in [3.63, 3.8) is 0 Å². The van der Waals surface area contributed by atoms with E-state index in [9.17, 15) is 14.3 Å². The molecule has 0 aliphatic rings. The van der Waals surface area contributed by atoms with E-state index in [2.05, 4.69) is 5.32 Å². The van der Waals surface area contributed by atoms with Gasteiger partial charge in [0, 0.05) is 6.04 Å². The Morgan fingerprint density at radius 2 is 1.77 bits per heavy atom. The second-order valence-electron chi connectivity index (χ2n) is 5.43. The summed E-state index contributed by atoms with van der Waals surface area (Å²) in [5, 5.41) is 13.0. The minimum Gasteiger partial charge on any atom is -0.388 e. The van der Waals surface area contributed by atoms with Crippen molar-refractivity contribution in [2.45, 2.75) is 31.9 Å². The second-order valence-corrected chi connectivity index (χ2v) is 5.43. The average Bonchev–Trinajstić information content (AvgIpc) is 2.50. The fourth-order valence-electron chi connectivity index (χ4n) is 2.32. The van der Waals surface area contributed by atoms with Crippen molar-refractivity contribution in [1.29, 1.82) is 0 Å². The predicted octanol–water partition coefficient (Wildman–Crippen LogP) is 3.00. The number of aliphatic hydroxyl groups is 1. The van der Waals surface area contributed by atoms with Gasteiger partial charge in [-0.15, -0.1) is 0 Å². The van der Waals surface area contributed by atoms with Gasteiger partial charge in [0.2, 0.25) is 5.91 Å². The lowest BCUT2D eigenvalue weighted by Gasteiger charge is -2.18. The van der Waals surface area contributed by atoms with E-state index in [-0.39, 0.29) is 24.2 Å². The second kappa shape index (κ2) is 7.71. The van der Waals surface area contributed by atoms with Crippen molar-refractivity contribution >= 4 is 5.91 Å². The number of aliphatic hydroxyl groups excluding tert-OH is 1. The quantitative estimate of drug-likeness (QED) is 0.861. The van der Waals surface area contributed by atoms with Crippen LogP contribution < -0.4 is 5.32 Å². The summed E-state index contributed by atoms with van der Waals surface area (Å²) in [4.78, 5) is 11.9. The van der Waals surface area contributed by atoms with Crippen LogP contribution in [0.4, 0.5) is 4.39 Å². The first-order valence-corrected chi connectivity index (χ1v) is 7.31. The highest BCUT2D eigenvalue weighted by Crippen LogP contribution is 2.17. The number of halogens is 1. The molecule has 22 heavy (non-hydrogen) atoms. The molecule has 0 aromatic heterocycles. The molecule has 0 saturated carbocycles. The highest BCUT2D eigenvalue weighted by Gasteiger charge is 2.14. The Hall–Kier alpha value is -2.20. The maximum absolute atomic E-state index is 12.8. The zero-order valence-electron chi connectivity index (χ0n) is 12.5. The summed E-state index contributed by atoms with van der Waals surface area (Å²) in [6.45, 7) is 1.86. The Labute approximate surface area is 129 Å². The SMILES string of the molecule is C[C@@H](C[C@@H](O)c1ccccc1)NC(=O)Cc1ccc(F)cc1. The van der Waals surface area contributed by atoms with Crippen LogP contribution in [0.3, 0.4) is 0 Å². The third-order valence-corrected chi connectivity index (χ3v) is 3.45. The van der Waals surface area contributed by atoms with Gasteiger partial charge >= 0.3 is 0 Å². The number of benzene rings is 2. The van der Waals surface area contributed by atoms with E-state index in [4.69, 9.17) is 0 Å². The molecule has 0 aliphatic heterocycles. The lowest BCUT2D eigenvalue weighted by Crippen LogP contribution is -2.34. The van der Waals surface area contributed by atoms with Gasteiger partial charge in [-0.2, -0.15) is 0 Å². The Bertz CT molecular complexity index is 598. The highest BCUT2D eigenvalue weighted by molar-refractivity contribution is 5.78. The van der Waals surface area contributed by atoms with Gasteiger partial charge in [-0.25, -0.2) is 4.39 Å². The number of hydrogen-bond acceptors (Lipinski definition) is 2. The first-order valence-electron chi connectivity index (χ1n) is 7.31. The lowest BCUT2D eigenvalue weighted by atomic mass is 10.0. The average molecular weight is 301 g/mol. The molecule has 2 atom stereocenters. The van der Waals surface area contributed by atoms with E-state index < -0.39 is 6.10 Å². The lowest BCUT2D eigenvalue weighted by molar-refractivity contribution is -0.121. The molecule has 0 fully saturated rings. The number of amides is 1. The van der Waals surface area contributed by atoms with Gasteiger partial charge in [-0.05, 0) is 36.6 Å². The molecule has 0 bridgehead atoms. The van der Waals surface area contributed by atoms with Crippen molar-refractivity contribution in [2.24, 2.45) is 0 Å². The summed E-state index contributed by atoms with van der Waals surface area (Å²) in [6, 6.07) is 15.1. The molecule has 2 aromatic carbocycles. The van der Waals surface area contributed by atoms with Crippen LogP contribution in [-0.2, 0) is 11.2 Å². The van der Waals surface area contributed by atoms with E-state index in [1.54, 1.807) is 12.1 Å². The molecule has 2 N–H and O–H groups in total. The predicted molar refractivity (Wildman–Crippen MR) is 83.7 cm³/mol. The maximum atomic E-state index is 12.8. The van der Waals surface area contributed by atoms with Crippen LogP contribution in [0.5, 0.6) is 0 Å². The summed E-state index contributed by atoms with van der Waals surface area (Å²) < 4.78 is 12.8. The third-order valence-electron chi connectivity index (χ3n) is 3.45. The summed E-state index contributed by atoms with van der Waals surface area (Å²) in [6.07, 6.45) is 0.0351. The van der Waals surface area contributed by atoms with Gasteiger partial charge < -0.3 is 10.4 Å². The number of rotatable bonds is 6. The summed E-state index contributed by atoms with van der Waals surface area (Å²) in [5.41, 5.74) is 1.59. The molecule has 0 heterocycles. The van der Waals surface area contributed by atoms with Crippen LogP contribution in [0.2, 0.25) is 0 Å².